The summed E-state index contributed by atoms with van der Waals surface area (Å²) in [4.78, 5) is 2.07. The first-order valence-corrected chi connectivity index (χ1v) is 9.27. The van der Waals surface area contributed by atoms with E-state index in [1.165, 1.54) is 0 Å². The lowest BCUT2D eigenvalue weighted by atomic mass is 9.91. The van der Waals surface area contributed by atoms with Gasteiger partial charge in [-0.15, -0.1) is 0 Å². The van der Waals surface area contributed by atoms with Crippen molar-refractivity contribution in [1.29, 1.82) is 0 Å². The van der Waals surface area contributed by atoms with Crippen LogP contribution >= 0.6 is 0 Å². The molecule has 2 fully saturated rings. The topological polar surface area (TPSA) is 41.3 Å². The van der Waals surface area contributed by atoms with Gasteiger partial charge in [0.05, 0.1) is 5.92 Å². The van der Waals surface area contributed by atoms with Crippen molar-refractivity contribution in [2.75, 3.05) is 23.3 Å². The Labute approximate surface area is 147 Å². The maximum atomic E-state index is 12.8. The Kier molecular flexibility index (Phi) is 5.46. The largest absolute Gasteiger partial charge is 0.391 e. The van der Waals surface area contributed by atoms with Crippen molar-refractivity contribution in [1.82, 2.24) is 0 Å². The number of nitrogens with one attached hydrogen (secondary N) is 1. The van der Waals surface area contributed by atoms with Crippen molar-refractivity contribution in [2.45, 2.75) is 63.7 Å². The summed E-state index contributed by atoms with van der Waals surface area (Å²) < 4.78 is 38.4. The second-order valence-corrected chi connectivity index (χ2v) is 7.56. The number of nitrogens with zero attached hydrogens (tertiary/aromatic N) is 1. The van der Waals surface area contributed by atoms with E-state index in [2.05, 4.69) is 29.3 Å². The fourth-order valence-corrected chi connectivity index (χ4v) is 3.95. The number of hydrogen-bond acceptors (Lipinski definition) is 3. The molecule has 0 radical (unpaired) electrons. The van der Waals surface area contributed by atoms with E-state index in [1.807, 2.05) is 6.07 Å². The van der Waals surface area contributed by atoms with Gasteiger partial charge in [0.1, 0.15) is 0 Å². The maximum absolute atomic E-state index is 12.8. The molecule has 1 heterocycles. The van der Waals surface area contributed by atoms with Gasteiger partial charge in [-0.2, -0.15) is 13.2 Å². The Morgan fingerprint density at radius 3 is 2.24 bits per heavy atom. The second kappa shape index (κ2) is 7.44. The van der Waals surface area contributed by atoms with Gasteiger partial charge in [-0.1, -0.05) is 0 Å². The van der Waals surface area contributed by atoms with E-state index in [0.717, 1.165) is 42.6 Å². The van der Waals surface area contributed by atoms with E-state index in [9.17, 15) is 13.2 Å². The normalized spacial score (nSPS) is 25.9. The van der Waals surface area contributed by atoms with Crippen molar-refractivity contribution in [3.8, 4) is 0 Å². The zero-order chi connectivity index (χ0) is 18.0. The average molecular weight is 355 g/mol. The number of piperidine rings is 1. The van der Waals surface area contributed by atoms with Crippen LogP contribution in [0, 0.1) is 12.8 Å². The predicted octanol–water partition coefficient (Wildman–Crippen LogP) is 4.46. The van der Waals surface area contributed by atoms with Crippen molar-refractivity contribution >= 4 is 11.4 Å². The number of aryl methyl sites for hydroxylation is 1. The molecule has 1 saturated carbocycles. The van der Waals surface area contributed by atoms with Gasteiger partial charge < -0.3 is 16.0 Å². The van der Waals surface area contributed by atoms with Crippen LogP contribution < -0.4 is 16.0 Å². The third kappa shape index (κ3) is 4.60. The molecular formula is C19H28F3N3. The summed E-state index contributed by atoms with van der Waals surface area (Å²) in [6, 6.07) is 6.98. The highest BCUT2D eigenvalue weighted by molar-refractivity contribution is 5.60. The van der Waals surface area contributed by atoms with Gasteiger partial charge in [0, 0.05) is 36.5 Å². The van der Waals surface area contributed by atoms with Gasteiger partial charge in [-0.3, -0.25) is 0 Å². The van der Waals surface area contributed by atoms with Crippen LogP contribution in [-0.4, -0.2) is 31.3 Å². The van der Waals surface area contributed by atoms with Crippen molar-refractivity contribution in [3.05, 3.63) is 23.8 Å². The summed E-state index contributed by atoms with van der Waals surface area (Å²) in [6.45, 7) is 3.00. The Bertz CT molecular complexity index is 572. The molecule has 2 aliphatic rings. The Morgan fingerprint density at radius 1 is 1.04 bits per heavy atom. The van der Waals surface area contributed by atoms with Crippen LogP contribution in [0.1, 0.15) is 44.1 Å². The lowest BCUT2D eigenvalue weighted by molar-refractivity contribution is -0.179. The van der Waals surface area contributed by atoms with Crippen molar-refractivity contribution in [3.63, 3.8) is 0 Å². The Balaban J connectivity index is 1.59. The van der Waals surface area contributed by atoms with Crippen molar-refractivity contribution in [2.24, 2.45) is 11.7 Å². The molecule has 0 amide bonds. The van der Waals surface area contributed by atoms with Gasteiger partial charge in [0.2, 0.25) is 0 Å². The molecule has 3 rings (SSSR count). The molecule has 140 valence electrons. The summed E-state index contributed by atoms with van der Waals surface area (Å²) in [5, 5.41) is 3.60. The minimum absolute atomic E-state index is 0.185. The number of hydrogen-bond donors (Lipinski definition) is 2. The zero-order valence-corrected chi connectivity index (χ0v) is 14.8. The average Bonchev–Trinajstić information content (AvgIpc) is 2.58. The lowest BCUT2D eigenvalue weighted by Crippen LogP contribution is -2.39. The molecule has 3 N–H and O–H groups in total. The van der Waals surface area contributed by atoms with E-state index in [1.54, 1.807) is 0 Å². The summed E-state index contributed by atoms with van der Waals surface area (Å²) in [5.74, 6) is -1.15. The number of rotatable bonds is 3. The summed E-state index contributed by atoms with van der Waals surface area (Å²) in [7, 11) is 0. The van der Waals surface area contributed by atoms with Gasteiger partial charge in [-0.25, -0.2) is 0 Å². The molecular weight excluding hydrogens is 327 g/mol. The van der Waals surface area contributed by atoms with Crippen LogP contribution in [0.3, 0.4) is 0 Å². The number of nitrogens with two attached hydrogens (primary N) is 1. The van der Waals surface area contributed by atoms with Crippen LogP contribution in [0.15, 0.2) is 18.2 Å². The molecule has 0 spiro atoms. The first kappa shape index (κ1) is 18.4. The van der Waals surface area contributed by atoms with Crippen LogP contribution in [0.25, 0.3) is 0 Å². The fourth-order valence-electron chi connectivity index (χ4n) is 3.95. The van der Waals surface area contributed by atoms with E-state index in [0.29, 0.717) is 25.2 Å². The molecule has 0 atom stereocenters. The van der Waals surface area contributed by atoms with Gasteiger partial charge in [-0.05, 0) is 69.2 Å². The summed E-state index contributed by atoms with van der Waals surface area (Å²) in [5.41, 5.74) is 9.24. The van der Waals surface area contributed by atoms with E-state index < -0.39 is 12.1 Å². The van der Waals surface area contributed by atoms with E-state index in [-0.39, 0.29) is 12.8 Å². The molecule has 6 heteroatoms. The molecule has 1 aromatic carbocycles. The highest BCUT2D eigenvalue weighted by atomic mass is 19.4. The summed E-state index contributed by atoms with van der Waals surface area (Å²) in [6.07, 6.45) is 0.612. The number of benzene rings is 1. The Hall–Kier alpha value is -1.43. The maximum Gasteiger partial charge on any atom is 0.391 e. The summed E-state index contributed by atoms with van der Waals surface area (Å²) >= 11 is 0. The molecule has 3 nitrogen and oxygen atoms in total. The highest BCUT2D eigenvalue weighted by Crippen LogP contribution is 2.36. The Morgan fingerprint density at radius 2 is 1.68 bits per heavy atom. The van der Waals surface area contributed by atoms with Crippen LogP contribution in [0.4, 0.5) is 24.5 Å². The minimum Gasteiger partial charge on any atom is -0.382 e. The molecule has 1 aliphatic carbocycles. The monoisotopic (exact) mass is 355 g/mol. The smallest absolute Gasteiger partial charge is 0.382 e. The SMILES string of the molecule is Cc1cc(N2CCC(C(F)(F)F)CC2)ccc1NC1CCC(N)CC1. The van der Waals surface area contributed by atoms with Gasteiger partial charge in [0.15, 0.2) is 0 Å². The molecule has 1 aliphatic heterocycles. The predicted molar refractivity (Wildman–Crippen MR) is 96.0 cm³/mol. The molecule has 0 aromatic heterocycles. The molecule has 0 unspecified atom stereocenters. The van der Waals surface area contributed by atoms with Gasteiger partial charge >= 0.3 is 6.18 Å². The van der Waals surface area contributed by atoms with Crippen LogP contribution in [0.5, 0.6) is 0 Å². The number of alkyl halides is 3. The first-order valence-electron chi connectivity index (χ1n) is 9.27. The quantitative estimate of drug-likeness (QED) is 0.841. The third-order valence-electron chi connectivity index (χ3n) is 5.66. The molecule has 1 saturated heterocycles. The standard InChI is InChI=1S/C19H28F3N3/c1-13-12-17(25-10-8-14(9-11-25)19(20,21)22)6-7-18(13)24-16-4-2-15(23)3-5-16/h6-7,12,14-16,24H,2-5,8-11,23H2,1H3. The zero-order valence-electron chi connectivity index (χ0n) is 14.8. The van der Waals surface area contributed by atoms with Crippen molar-refractivity contribution < 1.29 is 13.2 Å². The van der Waals surface area contributed by atoms with Crippen LogP contribution in [-0.2, 0) is 0 Å². The highest BCUT2D eigenvalue weighted by Gasteiger charge is 2.41. The van der Waals surface area contributed by atoms with Gasteiger partial charge in [0.25, 0.3) is 0 Å². The minimum atomic E-state index is -4.06. The number of halogens is 3. The fraction of sp³-hybridized carbons (Fsp3) is 0.684. The number of anilines is 2. The lowest BCUT2D eigenvalue weighted by Gasteiger charge is -2.35. The molecule has 25 heavy (non-hydrogen) atoms. The third-order valence-corrected chi connectivity index (χ3v) is 5.66. The van der Waals surface area contributed by atoms with Crippen LogP contribution in [0.2, 0.25) is 0 Å². The molecule has 1 aromatic rings. The van der Waals surface area contributed by atoms with E-state index >= 15 is 0 Å². The van der Waals surface area contributed by atoms with E-state index in [4.69, 9.17) is 5.73 Å². The molecule has 0 bridgehead atoms. The first-order chi connectivity index (χ1) is 11.8. The second-order valence-electron chi connectivity index (χ2n) is 7.56.